The minimum atomic E-state index is -0.183. The molecule has 0 aliphatic carbocycles. The number of hydrogen-bond acceptors (Lipinski definition) is 7. The van der Waals surface area contributed by atoms with Crippen molar-refractivity contribution < 1.29 is 19.1 Å². The predicted octanol–water partition coefficient (Wildman–Crippen LogP) is 3.95. The standard InChI is InChI=1S/C26H41N3O4S2/c1-19(2)8-7-13-28-24(30)18-32-16-17-33-26(20(3)4)35-34-23-11-9-22(10-12-23)25(31)29-15-14-27-21(5)6/h9-12,19-21,26-27H,13-18H2,1-6H3,(H,28,30)(H,29,31). The van der Waals surface area contributed by atoms with Crippen LogP contribution >= 0.6 is 21.6 Å². The van der Waals surface area contributed by atoms with Crippen LogP contribution in [-0.4, -0.2) is 62.7 Å². The van der Waals surface area contributed by atoms with Crippen molar-refractivity contribution in [1.29, 1.82) is 0 Å². The topological polar surface area (TPSA) is 88.7 Å². The first kappa shape index (κ1) is 31.3. The Morgan fingerprint density at radius 1 is 0.971 bits per heavy atom. The molecule has 0 bridgehead atoms. The summed E-state index contributed by atoms with van der Waals surface area (Å²) in [5.74, 6) is 6.24. The van der Waals surface area contributed by atoms with Gasteiger partial charge in [-0.3, -0.25) is 9.59 Å². The number of carbonyl (C=O) groups excluding carboxylic acids is 2. The van der Waals surface area contributed by atoms with Gasteiger partial charge in [-0.1, -0.05) is 75.0 Å². The van der Waals surface area contributed by atoms with Crippen LogP contribution in [0.1, 0.15) is 51.9 Å². The number of hydrogen-bond donors (Lipinski definition) is 3. The molecule has 0 aliphatic rings. The van der Waals surface area contributed by atoms with Crippen LogP contribution in [0.4, 0.5) is 0 Å². The molecule has 35 heavy (non-hydrogen) atoms. The Bertz CT molecular complexity index is 805. The average molecular weight is 524 g/mol. The van der Waals surface area contributed by atoms with E-state index >= 15 is 0 Å². The zero-order valence-electron chi connectivity index (χ0n) is 21.8. The fraction of sp³-hybridized carbons (Fsp3) is 0.615. The SMILES string of the molecule is CC(C)C#CCNC(=O)COCCOC(SSc1ccc(C(=O)NCCNC(C)C)cc1)C(C)C. The predicted molar refractivity (Wildman–Crippen MR) is 146 cm³/mol. The molecule has 0 fully saturated rings. The lowest BCUT2D eigenvalue weighted by molar-refractivity contribution is -0.126. The Balaban J connectivity index is 2.30. The van der Waals surface area contributed by atoms with Gasteiger partial charge >= 0.3 is 0 Å². The van der Waals surface area contributed by atoms with Crippen molar-refractivity contribution in [3.8, 4) is 11.8 Å². The number of nitrogens with one attached hydrogen (secondary N) is 3. The van der Waals surface area contributed by atoms with E-state index < -0.39 is 0 Å². The lowest BCUT2D eigenvalue weighted by atomic mass is 10.2. The highest BCUT2D eigenvalue weighted by Gasteiger charge is 2.16. The second-order valence-electron chi connectivity index (χ2n) is 8.86. The molecule has 0 aromatic heterocycles. The molecule has 0 saturated carbocycles. The minimum absolute atomic E-state index is 0.00484. The second kappa shape index (κ2) is 18.6. The number of rotatable bonds is 16. The van der Waals surface area contributed by atoms with Gasteiger partial charge in [-0.25, -0.2) is 0 Å². The molecule has 1 rings (SSSR count). The van der Waals surface area contributed by atoms with Crippen LogP contribution in [0.5, 0.6) is 0 Å². The molecule has 0 heterocycles. The molecule has 3 N–H and O–H groups in total. The van der Waals surface area contributed by atoms with Crippen LogP contribution in [0.2, 0.25) is 0 Å². The summed E-state index contributed by atoms with van der Waals surface area (Å²) in [6, 6.07) is 7.98. The van der Waals surface area contributed by atoms with Crippen molar-refractivity contribution in [1.82, 2.24) is 16.0 Å². The first-order chi connectivity index (χ1) is 16.7. The van der Waals surface area contributed by atoms with Crippen molar-refractivity contribution in [2.45, 2.75) is 57.9 Å². The quantitative estimate of drug-likeness (QED) is 0.131. The third-order valence-electron chi connectivity index (χ3n) is 4.37. The zero-order chi connectivity index (χ0) is 26.1. The zero-order valence-corrected chi connectivity index (χ0v) is 23.4. The molecule has 1 aromatic carbocycles. The summed E-state index contributed by atoms with van der Waals surface area (Å²) >= 11 is 0. The van der Waals surface area contributed by atoms with Crippen LogP contribution < -0.4 is 16.0 Å². The van der Waals surface area contributed by atoms with Gasteiger partial charge in [0, 0.05) is 35.5 Å². The largest absolute Gasteiger partial charge is 0.369 e. The summed E-state index contributed by atoms with van der Waals surface area (Å²) in [5.41, 5.74) is 0.619. The molecule has 1 unspecified atom stereocenters. The second-order valence-corrected chi connectivity index (χ2v) is 11.2. The highest BCUT2D eigenvalue weighted by Crippen LogP contribution is 2.37. The van der Waals surface area contributed by atoms with Crippen molar-refractivity contribution in [3.63, 3.8) is 0 Å². The molecule has 9 heteroatoms. The Labute approximate surface area is 219 Å². The van der Waals surface area contributed by atoms with Crippen LogP contribution in [-0.2, 0) is 14.3 Å². The van der Waals surface area contributed by atoms with Gasteiger partial charge in [0.2, 0.25) is 5.91 Å². The maximum absolute atomic E-state index is 12.2. The van der Waals surface area contributed by atoms with E-state index in [1.54, 1.807) is 21.6 Å². The molecule has 0 saturated heterocycles. The first-order valence-corrected chi connectivity index (χ1v) is 14.3. The Morgan fingerprint density at radius 3 is 2.31 bits per heavy atom. The van der Waals surface area contributed by atoms with Gasteiger partial charge in [0.25, 0.3) is 5.91 Å². The third-order valence-corrected chi connectivity index (χ3v) is 7.24. The highest BCUT2D eigenvalue weighted by molar-refractivity contribution is 8.76. The van der Waals surface area contributed by atoms with Crippen LogP contribution in [0.15, 0.2) is 29.2 Å². The van der Waals surface area contributed by atoms with E-state index in [1.807, 2.05) is 38.1 Å². The Morgan fingerprint density at radius 2 is 1.69 bits per heavy atom. The fourth-order valence-corrected chi connectivity index (χ4v) is 5.18. The lowest BCUT2D eigenvalue weighted by Gasteiger charge is -2.20. The van der Waals surface area contributed by atoms with E-state index in [0.29, 0.717) is 49.7 Å². The van der Waals surface area contributed by atoms with Crippen molar-refractivity contribution >= 4 is 33.4 Å². The number of ether oxygens (including phenoxy) is 2. The molecule has 1 aromatic rings. The monoisotopic (exact) mass is 523 g/mol. The summed E-state index contributed by atoms with van der Waals surface area (Å²) in [7, 11) is 3.25. The van der Waals surface area contributed by atoms with Crippen molar-refractivity contribution in [3.05, 3.63) is 29.8 Å². The van der Waals surface area contributed by atoms with Gasteiger partial charge in [0.1, 0.15) is 12.0 Å². The summed E-state index contributed by atoms with van der Waals surface area (Å²) < 4.78 is 11.4. The molecule has 7 nitrogen and oxygen atoms in total. The molecular weight excluding hydrogens is 482 g/mol. The molecular formula is C26H41N3O4S2. The van der Waals surface area contributed by atoms with Gasteiger partial charge in [0.15, 0.2) is 0 Å². The van der Waals surface area contributed by atoms with Gasteiger partial charge in [0.05, 0.1) is 19.8 Å². The molecule has 1 atom stereocenters. The summed E-state index contributed by atoms with van der Waals surface area (Å²) in [5, 5.41) is 8.90. The van der Waals surface area contributed by atoms with Gasteiger partial charge in [-0.2, -0.15) is 0 Å². The van der Waals surface area contributed by atoms with Crippen molar-refractivity contribution in [2.24, 2.45) is 11.8 Å². The summed E-state index contributed by atoms with van der Waals surface area (Å²) in [6.07, 6.45) is 0. The van der Waals surface area contributed by atoms with E-state index in [4.69, 9.17) is 9.47 Å². The van der Waals surface area contributed by atoms with Gasteiger partial charge in [-0.15, -0.1) is 0 Å². The van der Waals surface area contributed by atoms with E-state index in [9.17, 15) is 9.59 Å². The summed E-state index contributed by atoms with van der Waals surface area (Å²) in [6.45, 7) is 14.8. The number of carbonyl (C=O) groups is 2. The minimum Gasteiger partial charge on any atom is -0.369 e. The fourth-order valence-electron chi connectivity index (χ4n) is 2.57. The van der Waals surface area contributed by atoms with Crippen LogP contribution in [0.25, 0.3) is 0 Å². The smallest absolute Gasteiger partial charge is 0.251 e. The van der Waals surface area contributed by atoms with E-state index in [2.05, 4.69) is 55.5 Å². The van der Waals surface area contributed by atoms with Crippen molar-refractivity contribution in [2.75, 3.05) is 39.5 Å². The van der Waals surface area contributed by atoms with Crippen LogP contribution in [0.3, 0.4) is 0 Å². The molecule has 0 radical (unpaired) electrons. The van der Waals surface area contributed by atoms with Gasteiger partial charge in [-0.05, 0) is 30.2 Å². The van der Waals surface area contributed by atoms with E-state index in [-0.39, 0.29) is 23.9 Å². The highest BCUT2D eigenvalue weighted by atomic mass is 33.1. The lowest BCUT2D eigenvalue weighted by Crippen LogP contribution is -2.34. The Hall–Kier alpha value is -1.70. The van der Waals surface area contributed by atoms with E-state index in [0.717, 1.165) is 11.4 Å². The maximum Gasteiger partial charge on any atom is 0.251 e. The molecule has 2 amide bonds. The Kier molecular flexibility index (Phi) is 16.6. The van der Waals surface area contributed by atoms with E-state index in [1.165, 1.54) is 0 Å². The van der Waals surface area contributed by atoms with Gasteiger partial charge < -0.3 is 25.4 Å². The van der Waals surface area contributed by atoms with Crippen LogP contribution in [0, 0.1) is 23.7 Å². The number of amides is 2. The number of benzene rings is 1. The third kappa shape index (κ3) is 15.8. The molecule has 196 valence electrons. The molecule has 0 aliphatic heterocycles. The normalized spacial score (nSPS) is 11.9. The first-order valence-electron chi connectivity index (χ1n) is 12.1. The summed E-state index contributed by atoms with van der Waals surface area (Å²) in [4.78, 5) is 25.0. The molecule has 0 spiro atoms. The average Bonchev–Trinajstić information content (AvgIpc) is 2.81. The maximum atomic E-state index is 12.2.